The lowest BCUT2D eigenvalue weighted by Gasteiger charge is -2.51. The summed E-state index contributed by atoms with van der Waals surface area (Å²) < 4.78 is 53.7. The minimum atomic E-state index is -0.778. The highest BCUT2D eigenvalue weighted by atomic mass is 16.7. The molecule has 9 heteroatoms. The molecule has 1 N–H and O–H groups in total. The van der Waals surface area contributed by atoms with Crippen molar-refractivity contribution >= 4 is 0 Å². The third-order valence-corrected chi connectivity index (χ3v) is 12.4. The molecule has 6 saturated heterocycles. The molecule has 9 nitrogen and oxygen atoms in total. The summed E-state index contributed by atoms with van der Waals surface area (Å²) in [5.74, 6) is 0.0204. The van der Waals surface area contributed by atoms with Crippen LogP contribution in [0.25, 0.3) is 0 Å². The van der Waals surface area contributed by atoms with Gasteiger partial charge in [0.15, 0.2) is 5.79 Å². The van der Waals surface area contributed by atoms with Crippen LogP contribution in [0.1, 0.15) is 78.7 Å². The van der Waals surface area contributed by atoms with E-state index in [-0.39, 0.29) is 79.5 Å². The Morgan fingerprint density at radius 1 is 0.851 bits per heavy atom. The van der Waals surface area contributed by atoms with E-state index in [2.05, 4.69) is 46.4 Å². The summed E-state index contributed by atoms with van der Waals surface area (Å²) in [6, 6.07) is 10.2. The standard InChI is InChI=1S/C38H56O9/c1-7-37(6)32(39)19-29-30(46-37)17-22(2)16-27-28(43-29)18-31-33(44-27)24(4)34(41-21-40-20-26-12-9-8-10-13-26)36-35(45-31)23(3)25(5)38(47-36)14-11-15-42-38/h7-10,12-13,22-25,27-36,39H,1,11,14-21H2,2-6H3/t22-,23+,24-,25+,27+,28-,29+,30-,31+,32-,33-,34+,35-,36+,37+,38-/m1/s1. The second kappa shape index (κ2) is 13.7. The lowest BCUT2D eigenvalue weighted by atomic mass is 9.76. The molecule has 16 atom stereocenters. The van der Waals surface area contributed by atoms with Gasteiger partial charge in [0.2, 0.25) is 0 Å². The number of rotatable bonds is 6. The Bertz CT molecular complexity index is 1210. The van der Waals surface area contributed by atoms with Crippen molar-refractivity contribution in [2.75, 3.05) is 13.4 Å². The Morgan fingerprint density at radius 3 is 2.32 bits per heavy atom. The van der Waals surface area contributed by atoms with Gasteiger partial charge in [0, 0.05) is 31.1 Å². The van der Waals surface area contributed by atoms with E-state index >= 15 is 0 Å². The van der Waals surface area contributed by atoms with Crippen LogP contribution in [-0.2, 0) is 44.5 Å². The summed E-state index contributed by atoms with van der Waals surface area (Å²) in [5, 5.41) is 11.0. The van der Waals surface area contributed by atoms with Crippen LogP contribution >= 0.6 is 0 Å². The van der Waals surface area contributed by atoms with E-state index < -0.39 is 17.5 Å². The predicted molar refractivity (Wildman–Crippen MR) is 174 cm³/mol. The molecule has 0 unspecified atom stereocenters. The lowest BCUT2D eigenvalue weighted by molar-refractivity contribution is -0.344. The monoisotopic (exact) mass is 656 g/mol. The molecule has 0 radical (unpaired) electrons. The molecule has 47 heavy (non-hydrogen) atoms. The van der Waals surface area contributed by atoms with Crippen molar-refractivity contribution < 1.29 is 43.0 Å². The second-order valence-electron chi connectivity index (χ2n) is 15.5. The fourth-order valence-corrected chi connectivity index (χ4v) is 9.29. The average molecular weight is 657 g/mol. The Kier molecular flexibility index (Phi) is 9.95. The number of ether oxygens (including phenoxy) is 8. The smallest absolute Gasteiger partial charge is 0.171 e. The van der Waals surface area contributed by atoms with E-state index in [1.165, 1.54) is 0 Å². The molecule has 0 aromatic heterocycles. The van der Waals surface area contributed by atoms with Gasteiger partial charge in [0.25, 0.3) is 0 Å². The quantitative estimate of drug-likeness (QED) is 0.240. The SMILES string of the molecule is C=C[C@]1(C)O[C@@H]2C[C@H](C)C[C@@H]3O[C@@H]4[C@@H](C)[C@H](OCOCc5ccccc5)[C@@H]5O[C@]6(CCCO6)[C@@H](C)[C@H](C)[C@H]5O[C@H]4C[C@H]3O[C@H]2C[C@H]1O. The summed E-state index contributed by atoms with van der Waals surface area (Å²) in [6.07, 6.45) is 3.95. The molecule has 1 aromatic rings. The molecule has 0 saturated carbocycles. The second-order valence-corrected chi connectivity index (χ2v) is 15.5. The highest BCUT2D eigenvalue weighted by Crippen LogP contribution is 2.51. The fourth-order valence-electron chi connectivity index (χ4n) is 9.29. The van der Waals surface area contributed by atoms with Gasteiger partial charge in [0.1, 0.15) is 18.5 Å². The number of hydrogen-bond acceptors (Lipinski definition) is 9. The molecule has 262 valence electrons. The third-order valence-electron chi connectivity index (χ3n) is 12.4. The highest BCUT2D eigenvalue weighted by Gasteiger charge is 2.61. The molecule has 6 heterocycles. The van der Waals surface area contributed by atoms with E-state index in [0.717, 1.165) is 31.2 Å². The molecule has 1 spiro atoms. The van der Waals surface area contributed by atoms with Crippen molar-refractivity contribution in [1.29, 1.82) is 0 Å². The Hall–Kier alpha value is -1.40. The van der Waals surface area contributed by atoms with Crippen LogP contribution in [0.15, 0.2) is 43.0 Å². The Balaban J connectivity index is 1.13. The van der Waals surface area contributed by atoms with Gasteiger partial charge in [-0.15, -0.1) is 6.58 Å². The first-order chi connectivity index (χ1) is 22.6. The summed E-state index contributed by atoms with van der Waals surface area (Å²) in [6.45, 7) is 16.2. The van der Waals surface area contributed by atoms with Crippen molar-refractivity contribution in [1.82, 2.24) is 0 Å². The van der Waals surface area contributed by atoms with Crippen LogP contribution in [0.5, 0.6) is 0 Å². The maximum atomic E-state index is 11.0. The molecule has 7 rings (SSSR count). The van der Waals surface area contributed by atoms with Gasteiger partial charge >= 0.3 is 0 Å². The van der Waals surface area contributed by atoms with Gasteiger partial charge in [-0.2, -0.15) is 0 Å². The fraction of sp³-hybridized carbons (Fsp3) is 0.789. The van der Waals surface area contributed by atoms with Crippen LogP contribution in [0.4, 0.5) is 0 Å². The Morgan fingerprint density at radius 2 is 1.57 bits per heavy atom. The van der Waals surface area contributed by atoms with Gasteiger partial charge in [-0.25, -0.2) is 0 Å². The van der Waals surface area contributed by atoms with Crippen LogP contribution < -0.4 is 0 Å². The zero-order valence-electron chi connectivity index (χ0n) is 28.8. The van der Waals surface area contributed by atoms with Crippen LogP contribution in [0.3, 0.4) is 0 Å². The van der Waals surface area contributed by atoms with Crippen molar-refractivity contribution in [2.45, 2.75) is 152 Å². The van der Waals surface area contributed by atoms with E-state index in [4.69, 9.17) is 37.9 Å². The topological polar surface area (TPSA) is 94.1 Å². The maximum absolute atomic E-state index is 11.0. The first-order valence-corrected chi connectivity index (χ1v) is 18.1. The first kappa shape index (κ1) is 34.1. The minimum absolute atomic E-state index is 0.0306. The molecule has 6 fully saturated rings. The van der Waals surface area contributed by atoms with Crippen molar-refractivity contribution in [3.05, 3.63) is 48.6 Å². The molecule has 0 aliphatic carbocycles. The third kappa shape index (κ3) is 6.50. The first-order valence-electron chi connectivity index (χ1n) is 18.1. The van der Waals surface area contributed by atoms with Crippen molar-refractivity contribution in [2.24, 2.45) is 23.7 Å². The lowest BCUT2D eigenvalue weighted by Crippen LogP contribution is -2.61. The van der Waals surface area contributed by atoms with Gasteiger partial charge in [-0.1, -0.05) is 64.1 Å². The molecule has 6 aliphatic rings. The average Bonchev–Trinajstić information content (AvgIpc) is 3.50. The van der Waals surface area contributed by atoms with Gasteiger partial charge < -0.3 is 43.0 Å². The van der Waals surface area contributed by atoms with Crippen molar-refractivity contribution in [3.8, 4) is 0 Å². The Labute approximate surface area is 280 Å². The molecule has 6 aliphatic heterocycles. The van der Waals surface area contributed by atoms with Gasteiger partial charge in [-0.3, -0.25) is 0 Å². The molecule has 0 amide bonds. The molecular formula is C38H56O9. The minimum Gasteiger partial charge on any atom is -0.390 e. The zero-order chi connectivity index (χ0) is 32.9. The molecular weight excluding hydrogens is 600 g/mol. The summed E-state index contributed by atoms with van der Waals surface area (Å²) in [4.78, 5) is 0. The number of hydrogen-bond donors (Lipinski definition) is 1. The van der Waals surface area contributed by atoms with Crippen molar-refractivity contribution in [3.63, 3.8) is 0 Å². The molecule has 1 aromatic carbocycles. The van der Waals surface area contributed by atoms with Gasteiger partial charge in [-0.05, 0) is 43.6 Å². The molecule has 0 bridgehead atoms. The van der Waals surface area contributed by atoms with Crippen LogP contribution in [0, 0.1) is 23.7 Å². The van der Waals surface area contributed by atoms with E-state index in [0.29, 0.717) is 32.0 Å². The summed E-state index contributed by atoms with van der Waals surface area (Å²) >= 11 is 0. The van der Waals surface area contributed by atoms with Crippen LogP contribution in [0.2, 0.25) is 0 Å². The normalized spacial score (nSPS) is 49.8. The maximum Gasteiger partial charge on any atom is 0.171 e. The summed E-state index contributed by atoms with van der Waals surface area (Å²) in [5.41, 5.74) is 0.327. The van der Waals surface area contributed by atoms with E-state index in [1.807, 2.05) is 25.1 Å². The van der Waals surface area contributed by atoms with Gasteiger partial charge in [0.05, 0.1) is 68.1 Å². The number of aliphatic hydroxyl groups excluding tert-OH is 1. The number of fused-ring (bicyclic) bond motifs is 4. The zero-order valence-corrected chi connectivity index (χ0v) is 28.8. The largest absolute Gasteiger partial charge is 0.390 e. The predicted octanol–water partition coefficient (Wildman–Crippen LogP) is 5.56. The number of aliphatic hydroxyl groups is 1. The van der Waals surface area contributed by atoms with E-state index in [9.17, 15) is 5.11 Å². The van der Waals surface area contributed by atoms with Crippen LogP contribution in [-0.4, -0.2) is 90.9 Å². The highest BCUT2D eigenvalue weighted by molar-refractivity contribution is 5.13. The van der Waals surface area contributed by atoms with E-state index in [1.54, 1.807) is 6.08 Å². The number of benzene rings is 1. The summed E-state index contributed by atoms with van der Waals surface area (Å²) in [7, 11) is 0.